The van der Waals surface area contributed by atoms with Crippen LogP contribution in [0.25, 0.3) is 5.65 Å². The van der Waals surface area contributed by atoms with Crippen LogP contribution in [0.4, 0.5) is 5.95 Å². The Bertz CT molecular complexity index is 560. The highest BCUT2D eigenvalue weighted by atomic mass is 15.4. The number of hydrogen-bond donors (Lipinski definition) is 1. The molecule has 1 fully saturated rings. The van der Waals surface area contributed by atoms with Crippen LogP contribution < -0.4 is 10.6 Å². The van der Waals surface area contributed by atoms with E-state index < -0.39 is 0 Å². The number of pyridine rings is 1. The first kappa shape index (κ1) is 12.4. The molecule has 102 valence electrons. The second-order valence-electron chi connectivity index (χ2n) is 5.45. The number of piperidine rings is 1. The van der Waals surface area contributed by atoms with Gasteiger partial charge in [0.2, 0.25) is 5.95 Å². The van der Waals surface area contributed by atoms with Crippen molar-refractivity contribution in [2.24, 2.45) is 11.7 Å². The fourth-order valence-electron chi connectivity index (χ4n) is 2.83. The summed E-state index contributed by atoms with van der Waals surface area (Å²) in [4.78, 5) is 6.92. The van der Waals surface area contributed by atoms with Crippen molar-refractivity contribution in [3.63, 3.8) is 0 Å². The molecule has 0 bridgehead atoms. The fourth-order valence-corrected chi connectivity index (χ4v) is 2.83. The lowest BCUT2D eigenvalue weighted by atomic mass is 9.95. The predicted molar refractivity (Wildman–Crippen MR) is 76.3 cm³/mol. The van der Waals surface area contributed by atoms with Gasteiger partial charge in [0.05, 0.1) is 0 Å². The third-order valence-corrected chi connectivity index (χ3v) is 3.84. The lowest BCUT2D eigenvalue weighted by Crippen LogP contribution is -2.36. The number of hydrogen-bond acceptors (Lipinski definition) is 4. The van der Waals surface area contributed by atoms with E-state index in [-0.39, 0.29) is 0 Å². The van der Waals surface area contributed by atoms with E-state index in [4.69, 9.17) is 5.73 Å². The largest absolute Gasteiger partial charge is 0.339 e. The van der Waals surface area contributed by atoms with Crippen LogP contribution in [0.5, 0.6) is 0 Å². The highest BCUT2D eigenvalue weighted by molar-refractivity contribution is 5.45. The van der Waals surface area contributed by atoms with E-state index in [1.807, 2.05) is 16.8 Å². The Morgan fingerprint density at radius 1 is 1.42 bits per heavy atom. The molecule has 1 unspecified atom stereocenters. The van der Waals surface area contributed by atoms with Gasteiger partial charge in [-0.2, -0.15) is 4.98 Å². The molecule has 5 heteroatoms. The molecule has 1 saturated heterocycles. The number of nitrogens with two attached hydrogens (primary N) is 1. The van der Waals surface area contributed by atoms with Gasteiger partial charge in [0.25, 0.3) is 0 Å². The minimum atomic E-state index is 0.687. The molecular weight excluding hydrogens is 238 g/mol. The summed E-state index contributed by atoms with van der Waals surface area (Å²) in [7, 11) is 0. The van der Waals surface area contributed by atoms with Crippen molar-refractivity contribution in [2.45, 2.75) is 26.2 Å². The van der Waals surface area contributed by atoms with Crippen LogP contribution in [0.1, 0.15) is 24.8 Å². The van der Waals surface area contributed by atoms with Gasteiger partial charge in [-0.3, -0.25) is 0 Å². The maximum atomic E-state index is 5.67. The summed E-state index contributed by atoms with van der Waals surface area (Å²) in [5, 5.41) is 4.59. The van der Waals surface area contributed by atoms with E-state index >= 15 is 0 Å². The minimum Gasteiger partial charge on any atom is -0.339 e. The normalized spacial score (nSPS) is 20.1. The highest BCUT2D eigenvalue weighted by Crippen LogP contribution is 2.22. The van der Waals surface area contributed by atoms with Gasteiger partial charge in [-0.1, -0.05) is 6.07 Å². The molecular formula is C14H21N5. The zero-order chi connectivity index (χ0) is 13.2. The molecule has 0 aliphatic carbocycles. The molecule has 1 atom stereocenters. The van der Waals surface area contributed by atoms with Crippen LogP contribution in [0.2, 0.25) is 0 Å². The van der Waals surface area contributed by atoms with Crippen molar-refractivity contribution in [2.75, 3.05) is 24.5 Å². The zero-order valence-electron chi connectivity index (χ0n) is 11.4. The third kappa shape index (κ3) is 2.56. The Labute approximate surface area is 113 Å². The Hall–Kier alpha value is -1.62. The van der Waals surface area contributed by atoms with Crippen LogP contribution in [0.15, 0.2) is 18.3 Å². The molecule has 19 heavy (non-hydrogen) atoms. The number of aryl methyl sites for hydroxylation is 1. The molecule has 2 aromatic heterocycles. The standard InChI is InChI=1S/C14H21N5/c1-11-4-5-13-16-14(17-19(13)9-11)18-8-2-3-12(10-18)6-7-15/h4-5,9,12H,2-3,6-8,10,15H2,1H3. The van der Waals surface area contributed by atoms with Gasteiger partial charge in [0.15, 0.2) is 5.65 Å². The first-order chi connectivity index (χ1) is 9.26. The van der Waals surface area contributed by atoms with Crippen molar-refractivity contribution in [1.82, 2.24) is 14.6 Å². The molecule has 2 aromatic rings. The summed E-state index contributed by atoms with van der Waals surface area (Å²) >= 11 is 0. The highest BCUT2D eigenvalue weighted by Gasteiger charge is 2.22. The molecule has 0 radical (unpaired) electrons. The Balaban J connectivity index is 1.83. The number of fused-ring (bicyclic) bond motifs is 1. The second-order valence-corrected chi connectivity index (χ2v) is 5.45. The molecule has 0 aromatic carbocycles. The van der Waals surface area contributed by atoms with Gasteiger partial charge in [0.1, 0.15) is 0 Å². The van der Waals surface area contributed by atoms with Crippen LogP contribution in [0.3, 0.4) is 0 Å². The maximum absolute atomic E-state index is 5.67. The van der Waals surface area contributed by atoms with Crippen molar-refractivity contribution in [3.8, 4) is 0 Å². The molecule has 3 rings (SSSR count). The van der Waals surface area contributed by atoms with Crippen LogP contribution in [-0.4, -0.2) is 34.2 Å². The first-order valence-corrected chi connectivity index (χ1v) is 7.04. The topological polar surface area (TPSA) is 59.5 Å². The van der Waals surface area contributed by atoms with Gasteiger partial charge >= 0.3 is 0 Å². The van der Waals surface area contributed by atoms with E-state index in [9.17, 15) is 0 Å². The van der Waals surface area contributed by atoms with E-state index in [1.165, 1.54) is 18.4 Å². The molecule has 0 spiro atoms. The summed E-state index contributed by atoms with van der Waals surface area (Å²) in [6, 6.07) is 4.09. The van der Waals surface area contributed by atoms with Gasteiger partial charge in [0, 0.05) is 19.3 Å². The molecule has 1 aliphatic rings. The smallest absolute Gasteiger partial charge is 0.245 e. The van der Waals surface area contributed by atoms with Crippen LogP contribution in [-0.2, 0) is 0 Å². The quantitative estimate of drug-likeness (QED) is 0.909. The second kappa shape index (κ2) is 5.17. The number of anilines is 1. The summed E-state index contributed by atoms with van der Waals surface area (Å²) in [5.74, 6) is 1.54. The molecule has 5 nitrogen and oxygen atoms in total. The summed E-state index contributed by atoms with van der Waals surface area (Å²) < 4.78 is 1.87. The zero-order valence-corrected chi connectivity index (χ0v) is 11.4. The average Bonchev–Trinajstić information content (AvgIpc) is 2.82. The molecule has 2 N–H and O–H groups in total. The Kier molecular flexibility index (Phi) is 3.38. The molecule has 0 saturated carbocycles. The van der Waals surface area contributed by atoms with Crippen molar-refractivity contribution >= 4 is 11.6 Å². The van der Waals surface area contributed by atoms with Gasteiger partial charge in [-0.15, -0.1) is 5.10 Å². The van der Waals surface area contributed by atoms with Gasteiger partial charge in [-0.05, 0) is 50.3 Å². The third-order valence-electron chi connectivity index (χ3n) is 3.84. The number of aromatic nitrogens is 3. The number of nitrogens with zero attached hydrogens (tertiary/aromatic N) is 4. The average molecular weight is 259 g/mol. The van der Waals surface area contributed by atoms with E-state index in [0.717, 1.165) is 37.7 Å². The summed E-state index contributed by atoms with van der Waals surface area (Å²) in [5.41, 5.74) is 7.78. The van der Waals surface area contributed by atoms with Crippen molar-refractivity contribution < 1.29 is 0 Å². The molecule has 0 amide bonds. The monoisotopic (exact) mass is 259 g/mol. The molecule has 3 heterocycles. The first-order valence-electron chi connectivity index (χ1n) is 7.04. The van der Waals surface area contributed by atoms with Crippen LogP contribution in [0, 0.1) is 12.8 Å². The predicted octanol–water partition coefficient (Wildman–Crippen LogP) is 1.60. The van der Waals surface area contributed by atoms with E-state index in [2.05, 4.69) is 28.0 Å². The van der Waals surface area contributed by atoms with Crippen molar-refractivity contribution in [3.05, 3.63) is 23.9 Å². The van der Waals surface area contributed by atoms with Gasteiger partial charge in [-0.25, -0.2) is 4.52 Å². The lowest BCUT2D eigenvalue weighted by molar-refractivity contribution is 0.392. The minimum absolute atomic E-state index is 0.687. The molecule has 1 aliphatic heterocycles. The maximum Gasteiger partial charge on any atom is 0.245 e. The number of rotatable bonds is 3. The fraction of sp³-hybridized carbons (Fsp3) is 0.571. The summed E-state index contributed by atoms with van der Waals surface area (Å²) in [6.07, 6.45) is 5.61. The van der Waals surface area contributed by atoms with Gasteiger partial charge < -0.3 is 10.6 Å². The Morgan fingerprint density at radius 3 is 3.16 bits per heavy atom. The van der Waals surface area contributed by atoms with Crippen molar-refractivity contribution in [1.29, 1.82) is 0 Å². The Morgan fingerprint density at radius 2 is 2.32 bits per heavy atom. The van der Waals surface area contributed by atoms with E-state index in [0.29, 0.717) is 5.92 Å². The van der Waals surface area contributed by atoms with E-state index in [1.54, 1.807) is 0 Å². The SMILES string of the molecule is Cc1ccc2nc(N3CCCC(CCN)C3)nn2c1. The lowest BCUT2D eigenvalue weighted by Gasteiger charge is -2.31. The summed E-state index contributed by atoms with van der Waals surface area (Å²) in [6.45, 7) is 4.93. The van der Waals surface area contributed by atoms with Crippen LogP contribution >= 0.6 is 0 Å².